The van der Waals surface area contributed by atoms with E-state index in [0.717, 1.165) is 36.8 Å². The summed E-state index contributed by atoms with van der Waals surface area (Å²) in [4.78, 5) is 27.9. The second kappa shape index (κ2) is 13.3. The van der Waals surface area contributed by atoms with Gasteiger partial charge in [-0.1, -0.05) is 77.8 Å². The molecule has 34 heavy (non-hydrogen) atoms. The SMILES string of the molecule is CC(C(=O)NC1CCCCC1)N(Cc1ccc(Cl)c(Cl)c1)C(=O)CSCc1ccc(Cl)cc1Cl. The predicted octanol–water partition coefficient (Wildman–Crippen LogP) is 7.40. The van der Waals surface area contributed by atoms with Crippen molar-refractivity contribution in [3.05, 3.63) is 67.6 Å². The van der Waals surface area contributed by atoms with Gasteiger partial charge in [0, 0.05) is 28.4 Å². The van der Waals surface area contributed by atoms with Crippen LogP contribution >= 0.6 is 58.2 Å². The van der Waals surface area contributed by atoms with Crippen LogP contribution in [-0.2, 0) is 21.9 Å². The third-order valence-electron chi connectivity index (χ3n) is 5.95. The molecule has 3 rings (SSSR count). The van der Waals surface area contributed by atoms with Crippen molar-refractivity contribution in [2.24, 2.45) is 0 Å². The summed E-state index contributed by atoms with van der Waals surface area (Å²) in [6.07, 6.45) is 5.41. The molecule has 1 N–H and O–H groups in total. The lowest BCUT2D eigenvalue weighted by molar-refractivity contribution is -0.139. The lowest BCUT2D eigenvalue weighted by Gasteiger charge is -2.31. The second-order valence-electron chi connectivity index (χ2n) is 8.52. The number of hydrogen-bond donors (Lipinski definition) is 1. The van der Waals surface area contributed by atoms with Crippen LogP contribution in [0.25, 0.3) is 0 Å². The van der Waals surface area contributed by atoms with E-state index in [1.807, 2.05) is 12.1 Å². The molecule has 184 valence electrons. The first-order valence-electron chi connectivity index (χ1n) is 11.3. The Balaban J connectivity index is 1.69. The van der Waals surface area contributed by atoms with Gasteiger partial charge in [0.15, 0.2) is 0 Å². The molecule has 2 aromatic carbocycles. The summed E-state index contributed by atoms with van der Waals surface area (Å²) in [5.41, 5.74) is 1.72. The molecule has 0 aliphatic heterocycles. The zero-order valence-corrected chi connectivity index (χ0v) is 22.8. The third kappa shape index (κ3) is 7.96. The number of benzene rings is 2. The van der Waals surface area contributed by atoms with Gasteiger partial charge >= 0.3 is 0 Å². The van der Waals surface area contributed by atoms with E-state index < -0.39 is 6.04 Å². The Morgan fingerprint density at radius 1 is 1.00 bits per heavy atom. The summed E-state index contributed by atoms with van der Waals surface area (Å²) in [5, 5.41) is 5.14. The smallest absolute Gasteiger partial charge is 0.242 e. The molecule has 1 fully saturated rings. The molecule has 0 saturated heterocycles. The number of hydrogen-bond acceptors (Lipinski definition) is 3. The molecule has 1 aliphatic rings. The lowest BCUT2D eigenvalue weighted by atomic mass is 9.95. The molecule has 2 aromatic rings. The van der Waals surface area contributed by atoms with Crippen molar-refractivity contribution >= 4 is 70.0 Å². The maximum atomic E-state index is 13.3. The van der Waals surface area contributed by atoms with Crippen molar-refractivity contribution < 1.29 is 9.59 Å². The molecule has 1 atom stereocenters. The number of carbonyl (C=O) groups excluding carboxylic acids is 2. The summed E-state index contributed by atoms with van der Waals surface area (Å²) >= 11 is 25.9. The molecule has 1 aliphatic carbocycles. The van der Waals surface area contributed by atoms with Crippen LogP contribution in [0.2, 0.25) is 20.1 Å². The summed E-state index contributed by atoms with van der Waals surface area (Å²) in [5.74, 6) is 0.505. The van der Waals surface area contributed by atoms with Crippen LogP contribution < -0.4 is 5.32 Å². The quantitative estimate of drug-likeness (QED) is 0.347. The van der Waals surface area contributed by atoms with Crippen LogP contribution in [0.1, 0.15) is 50.2 Å². The number of rotatable bonds is 9. The zero-order chi connectivity index (χ0) is 24.7. The number of amides is 2. The van der Waals surface area contributed by atoms with Gasteiger partial charge in [-0.25, -0.2) is 0 Å². The fourth-order valence-corrected chi connectivity index (χ4v) is 5.75. The number of nitrogens with zero attached hydrogens (tertiary/aromatic N) is 1. The van der Waals surface area contributed by atoms with Crippen LogP contribution in [0, 0.1) is 0 Å². The molecule has 1 unspecified atom stereocenters. The largest absolute Gasteiger partial charge is 0.352 e. The van der Waals surface area contributed by atoms with E-state index >= 15 is 0 Å². The van der Waals surface area contributed by atoms with Gasteiger partial charge in [-0.05, 0) is 55.2 Å². The highest BCUT2D eigenvalue weighted by molar-refractivity contribution is 7.99. The van der Waals surface area contributed by atoms with E-state index in [4.69, 9.17) is 46.4 Å². The maximum absolute atomic E-state index is 13.3. The van der Waals surface area contributed by atoms with E-state index in [-0.39, 0.29) is 30.2 Å². The standard InChI is InChI=1S/C25H28Cl4N2O2S/c1-16(25(33)30-20-5-3-2-4-6-20)31(13-17-7-10-21(27)23(29)11-17)24(32)15-34-14-18-8-9-19(26)12-22(18)28/h7-12,16,20H,2-6,13-15H2,1H3,(H,30,33). The van der Waals surface area contributed by atoms with E-state index in [0.29, 0.717) is 25.8 Å². The number of thioether (sulfide) groups is 1. The Hall–Kier alpha value is -1.11. The Labute approximate surface area is 225 Å². The van der Waals surface area contributed by atoms with Gasteiger partial charge in [0.25, 0.3) is 0 Å². The van der Waals surface area contributed by atoms with Crippen LogP contribution in [0.3, 0.4) is 0 Å². The van der Waals surface area contributed by atoms with E-state index in [9.17, 15) is 9.59 Å². The minimum atomic E-state index is -0.622. The van der Waals surface area contributed by atoms with E-state index in [1.54, 1.807) is 36.1 Å². The summed E-state index contributed by atoms with van der Waals surface area (Å²) in [7, 11) is 0. The molecule has 4 nitrogen and oxygen atoms in total. The van der Waals surface area contributed by atoms with Gasteiger partial charge in [0.1, 0.15) is 6.04 Å². The van der Waals surface area contributed by atoms with Crippen molar-refractivity contribution in [3.8, 4) is 0 Å². The molecule has 0 bridgehead atoms. The zero-order valence-electron chi connectivity index (χ0n) is 19.0. The Morgan fingerprint density at radius 3 is 2.41 bits per heavy atom. The van der Waals surface area contributed by atoms with Crippen molar-refractivity contribution in [3.63, 3.8) is 0 Å². The van der Waals surface area contributed by atoms with Gasteiger partial charge in [0.2, 0.25) is 11.8 Å². The molecular formula is C25H28Cl4N2O2S. The topological polar surface area (TPSA) is 49.4 Å². The molecule has 1 saturated carbocycles. The molecular weight excluding hydrogens is 534 g/mol. The van der Waals surface area contributed by atoms with Gasteiger partial charge in [-0.15, -0.1) is 11.8 Å². The summed E-state index contributed by atoms with van der Waals surface area (Å²) < 4.78 is 0. The molecule has 2 amide bonds. The minimum absolute atomic E-state index is 0.132. The Morgan fingerprint density at radius 2 is 1.74 bits per heavy atom. The lowest BCUT2D eigenvalue weighted by Crippen LogP contribution is -2.50. The minimum Gasteiger partial charge on any atom is -0.352 e. The van der Waals surface area contributed by atoms with Crippen LogP contribution in [0.15, 0.2) is 36.4 Å². The van der Waals surface area contributed by atoms with Gasteiger partial charge in [0.05, 0.1) is 15.8 Å². The monoisotopic (exact) mass is 560 g/mol. The molecule has 0 spiro atoms. The first-order valence-corrected chi connectivity index (χ1v) is 14.0. The molecule has 0 aromatic heterocycles. The van der Waals surface area contributed by atoms with Crippen molar-refractivity contribution in [1.29, 1.82) is 0 Å². The fourth-order valence-electron chi connectivity index (χ4n) is 3.96. The molecule has 0 heterocycles. The van der Waals surface area contributed by atoms with Gasteiger partial charge in [-0.2, -0.15) is 0 Å². The molecule has 0 radical (unpaired) electrons. The highest BCUT2D eigenvalue weighted by Crippen LogP contribution is 2.26. The molecule has 9 heteroatoms. The van der Waals surface area contributed by atoms with Crippen molar-refractivity contribution in [2.45, 2.75) is 63.4 Å². The van der Waals surface area contributed by atoms with Crippen molar-refractivity contribution in [1.82, 2.24) is 10.2 Å². The maximum Gasteiger partial charge on any atom is 0.242 e. The van der Waals surface area contributed by atoms with Crippen LogP contribution in [0.5, 0.6) is 0 Å². The average Bonchev–Trinajstić information content (AvgIpc) is 2.81. The summed E-state index contributed by atoms with van der Waals surface area (Å²) in [6, 6.07) is 10.1. The summed E-state index contributed by atoms with van der Waals surface area (Å²) in [6.45, 7) is 2.03. The second-order valence-corrected chi connectivity index (χ2v) is 11.2. The predicted molar refractivity (Wildman–Crippen MR) is 144 cm³/mol. The van der Waals surface area contributed by atoms with Crippen LogP contribution in [0.4, 0.5) is 0 Å². The Bertz CT molecular complexity index is 1010. The number of halogens is 4. The third-order valence-corrected chi connectivity index (χ3v) is 8.25. The highest BCUT2D eigenvalue weighted by atomic mass is 35.5. The first-order chi connectivity index (χ1) is 16.2. The van der Waals surface area contributed by atoms with E-state index in [1.165, 1.54) is 18.2 Å². The average molecular weight is 562 g/mol. The fraction of sp³-hybridized carbons (Fsp3) is 0.440. The number of nitrogens with one attached hydrogen (secondary N) is 1. The highest BCUT2D eigenvalue weighted by Gasteiger charge is 2.28. The Kier molecular flexibility index (Phi) is 10.7. The normalized spacial score (nSPS) is 15.1. The van der Waals surface area contributed by atoms with Crippen LogP contribution in [-0.4, -0.2) is 34.6 Å². The van der Waals surface area contributed by atoms with Crippen molar-refractivity contribution in [2.75, 3.05) is 5.75 Å². The van der Waals surface area contributed by atoms with Gasteiger partial charge < -0.3 is 10.2 Å². The first kappa shape index (κ1) is 27.5. The van der Waals surface area contributed by atoms with Gasteiger partial charge in [-0.3, -0.25) is 9.59 Å². The van der Waals surface area contributed by atoms with E-state index in [2.05, 4.69) is 5.32 Å². The number of carbonyl (C=O) groups is 2.